The molecule has 1 unspecified atom stereocenters. The summed E-state index contributed by atoms with van der Waals surface area (Å²) in [5, 5.41) is 17.8. The molecule has 6 nitrogen and oxygen atoms in total. The van der Waals surface area contributed by atoms with E-state index in [-0.39, 0.29) is 12.5 Å². The van der Waals surface area contributed by atoms with Crippen LogP contribution in [0.5, 0.6) is 0 Å². The Bertz CT molecular complexity index is 337. The number of anilines is 1. The summed E-state index contributed by atoms with van der Waals surface area (Å²) in [7, 11) is 0. The molecule has 0 radical (unpaired) electrons. The van der Waals surface area contributed by atoms with E-state index in [1.54, 1.807) is 0 Å². The van der Waals surface area contributed by atoms with Crippen molar-refractivity contribution in [3.63, 3.8) is 0 Å². The molecule has 6 heteroatoms. The topological polar surface area (TPSA) is 104 Å². The first kappa shape index (κ1) is 12.5. The van der Waals surface area contributed by atoms with Gasteiger partial charge in [0.1, 0.15) is 11.5 Å². The number of nitrogens with zero attached hydrogens (tertiary/aromatic N) is 1. The highest BCUT2D eigenvalue weighted by Gasteiger charge is 2.11. The lowest BCUT2D eigenvalue weighted by molar-refractivity contribution is 0.0938. The monoisotopic (exact) mass is 226 g/mol. The molecule has 0 aromatic carbocycles. The quantitative estimate of drug-likeness (QED) is 0.553. The summed E-state index contributed by atoms with van der Waals surface area (Å²) in [6, 6.07) is 1.49. The van der Waals surface area contributed by atoms with Gasteiger partial charge in [-0.1, -0.05) is 13.3 Å². The number of hydrogen-bond donors (Lipinski definition) is 4. The zero-order chi connectivity index (χ0) is 12.0. The van der Waals surface area contributed by atoms with Crippen LogP contribution in [0.25, 0.3) is 0 Å². The van der Waals surface area contributed by atoms with Crippen LogP contribution in [0.2, 0.25) is 0 Å². The number of aliphatic hydroxyl groups is 1. The number of rotatable bonds is 6. The molecule has 1 amide bonds. The average Bonchev–Trinajstić information content (AvgIpc) is 2.70. The highest BCUT2D eigenvalue weighted by Crippen LogP contribution is 2.06. The van der Waals surface area contributed by atoms with Gasteiger partial charge < -0.3 is 16.2 Å². The number of amides is 1. The average molecular weight is 226 g/mol. The number of carbonyl (C=O) groups is 1. The summed E-state index contributed by atoms with van der Waals surface area (Å²) >= 11 is 0. The Morgan fingerprint density at radius 2 is 2.50 bits per heavy atom. The first-order valence-electron chi connectivity index (χ1n) is 5.37. The van der Waals surface area contributed by atoms with Gasteiger partial charge in [-0.15, -0.1) is 0 Å². The SMILES string of the molecule is CCC(CCO)CNC(=O)c1cc(N)n[nH]1. The number of nitrogens with one attached hydrogen (secondary N) is 2. The molecule has 0 saturated heterocycles. The second kappa shape index (κ2) is 6.12. The van der Waals surface area contributed by atoms with Gasteiger partial charge in [0.15, 0.2) is 0 Å². The van der Waals surface area contributed by atoms with Crippen molar-refractivity contribution in [1.82, 2.24) is 15.5 Å². The highest BCUT2D eigenvalue weighted by molar-refractivity contribution is 5.92. The maximum absolute atomic E-state index is 11.6. The van der Waals surface area contributed by atoms with Crippen molar-refractivity contribution >= 4 is 11.7 Å². The standard InChI is InChI=1S/C10H18N4O2/c1-2-7(3-4-15)6-12-10(16)8-5-9(11)14-13-8/h5,7,15H,2-4,6H2,1H3,(H,12,16)(H3,11,13,14). The van der Waals surface area contributed by atoms with E-state index in [2.05, 4.69) is 15.5 Å². The third kappa shape index (κ3) is 3.54. The molecule has 16 heavy (non-hydrogen) atoms. The Balaban J connectivity index is 2.40. The van der Waals surface area contributed by atoms with E-state index >= 15 is 0 Å². The van der Waals surface area contributed by atoms with E-state index in [1.165, 1.54) is 6.07 Å². The Morgan fingerprint density at radius 3 is 3.00 bits per heavy atom. The van der Waals surface area contributed by atoms with Crippen LogP contribution >= 0.6 is 0 Å². The smallest absolute Gasteiger partial charge is 0.269 e. The van der Waals surface area contributed by atoms with E-state index in [0.29, 0.717) is 30.4 Å². The maximum atomic E-state index is 11.6. The highest BCUT2D eigenvalue weighted by atomic mass is 16.3. The van der Waals surface area contributed by atoms with Gasteiger partial charge >= 0.3 is 0 Å². The molecule has 1 atom stereocenters. The molecule has 0 fully saturated rings. The van der Waals surface area contributed by atoms with Crippen LogP contribution in [-0.2, 0) is 0 Å². The summed E-state index contributed by atoms with van der Waals surface area (Å²) in [6.07, 6.45) is 1.62. The van der Waals surface area contributed by atoms with Crippen molar-refractivity contribution < 1.29 is 9.90 Å². The molecule has 0 spiro atoms. The summed E-state index contributed by atoms with van der Waals surface area (Å²) in [5.74, 6) is 0.377. The van der Waals surface area contributed by atoms with Crippen LogP contribution in [0, 0.1) is 5.92 Å². The van der Waals surface area contributed by atoms with Crippen molar-refractivity contribution in [3.8, 4) is 0 Å². The number of H-pyrrole nitrogens is 1. The second-order valence-electron chi connectivity index (χ2n) is 3.70. The van der Waals surface area contributed by atoms with Crippen molar-refractivity contribution in [2.75, 3.05) is 18.9 Å². The minimum absolute atomic E-state index is 0.144. The lowest BCUT2D eigenvalue weighted by Crippen LogP contribution is -2.29. The largest absolute Gasteiger partial charge is 0.396 e. The molecule has 0 aliphatic rings. The van der Waals surface area contributed by atoms with E-state index < -0.39 is 0 Å². The predicted octanol–water partition coefficient (Wildman–Crippen LogP) is 0.130. The van der Waals surface area contributed by atoms with E-state index in [4.69, 9.17) is 10.8 Å². The number of nitrogens with two attached hydrogens (primary N) is 1. The van der Waals surface area contributed by atoms with Crippen LogP contribution in [0.15, 0.2) is 6.07 Å². The van der Waals surface area contributed by atoms with Gasteiger partial charge in [-0.05, 0) is 12.3 Å². The normalized spacial score (nSPS) is 12.4. The Kier molecular flexibility index (Phi) is 4.78. The van der Waals surface area contributed by atoms with Crippen molar-refractivity contribution in [3.05, 3.63) is 11.8 Å². The van der Waals surface area contributed by atoms with Crippen LogP contribution in [0.4, 0.5) is 5.82 Å². The summed E-state index contributed by atoms with van der Waals surface area (Å²) in [6.45, 7) is 2.72. The van der Waals surface area contributed by atoms with Gasteiger partial charge in [-0.3, -0.25) is 9.89 Å². The Hall–Kier alpha value is -1.56. The molecule has 1 aromatic heterocycles. The molecule has 0 saturated carbocycles. The molecule has 0 aliphatic heterocycles. The van der Waals surface area contributed by atoms with Gasteiger partial charge in [0.2, 0.25) is 0 Å². The van der Waals surface area contributed by atoms with Crippen molar-refractivity contribution in [2.45, 2.75) is 19.8 Å². The fourth-order valence-corrected chi connectivity index (χ4v) is 1.42. The Labute approximate surface area is 94.2 Å². The lowest BCUT2D eigenvalue weighted by Gasteiger charge is -2.13. The van der Waals surface area contributed by atoms with E-state index in [0.717, 1.165) is 6.42 Å². The fourth-order valence-electron chi connectivity index (χ4n) is 1.42. The van der Waals surface area contributed by atoms with Crippen molar-refractivity contribution in [1.29, 1.82) is 0 Å². The van der Waals surface area contributed by atoms with E-state index in [1.807, 2.05) is 6.92 Å². The Morgan fingerprint density at radius 1 is 1.75 bits per heavy atom. The van der Waals surface area contributed by atoms with Crippen LogP contribution in [0.3, 0.4) is 0 Å². The summed E-state index contributed by atoms with van der Waals surface area (Å²) in [4.78, 5) is 11.6. The molecule has 5 N–H and O–H groups in total. The number of carbonyl (C=O) groups excluding carboxylic acids is 1. The first-order chi connectivity index (χ1) is 7.67. The minimum Gasteiger partial charge on any atom is -0.396 e. The van der Waals surface area contributed by atoms with Crippen molar-refractivity contribution in [2.24, 2.45) is 5.92 Å². The molecular formula is C10H18N4O2. The van der Waals surface area contributed by atoms with Gasteiger partial charge in [0.25, 0.3) is 5.91 Å². The molecule has 0 bridgehead atoms. The second-order valence-corrected chi connectivity index (χ2v) is 3.70. The van der Waals surface area contributed by atoms with Gasteiger partial charge in [-0.2, -0.15) is 5.10 Å². The molecular weight excluding hydrogens is 208 g/mol. The van der Waals surface area contributed by atoms with E-state index in [9.17, 15) is 4.79 Å². The van der Waals surface area contributed by atoms with Gasteiger partial charge in [-0.25, -0.2) is 0 Å². The fraction of sp³-hybridized carbons (Fsp3) is 0.600. The number of hydrogen-bond acceptors (Lipinski definition) is 4. The number of aromatic nitrogens is 2. The van der Waals surface area contributed by atoms with Crippen LogP contribution in [0.1, 0.15) is 30.3 Å². The van der Waals surface area contributed by atoms with Crippen LogP contribution < -0.4 is 11.1 Å². The third-order valence-corrected chi connectivity index (χ3v) is 2.51. The minimum atomic E-state index is -0.222. The first-order valence-corrected chi connectivity index (χ1v) is 5.37. The van der Waals surface area contributed by atoms with Gasteiger partial charge in [0.05, 0.1) is 0 Å². The van der Waals surface area contributed by atoms with Gasteiger partial charge in [0, 0.05) is 19.2 Å². The predicted molar refractivity (Wildman–Crippen MR) is 60.8 cm³/mol. The zero-order valence-corrected chi connectivity index (χ0v) is 9.36. The molecule has 0 aliphatic carbocycles. The zero-order valence-electron chi connectivity index (χ0n) is 9.36. The lowest BCUT2D eigenvalue weighted by atomic mass is 10.0. The maximum Gasteiger partial charge on any atom is 0.269 e. The summed E-state index contributed by atoms with van der Waals surface area (Å²) < 4.78 is 0. The molecule has 1 rings (SSSR count). The van der Waals surface area contributed by atoms with Crippen LogP contribution in [-0.4, -0.2) is 34.4 Å². The molecule has 90 valence electrons. The number of aromatic amines is 1. The molecule has 1 aromatic rings. The number of aliphatic hydroxyl groups excluding tert-OH is 1. The third-order valence-electron chi connectivity index (χ3n) is 2.51. The number of nitrogen functional groups attached to an aromatic ring is 1. The summed E-state index contributed by atoms with van der Waals surface area (Å²) in [5.41, 5.74) is 5.75. The molecule has 1 heterocycles.